The summed E-state index contributed by atoms with van der Waals surface area (Å²) in [6, 6.07) is 2.11. The molecule has 0 spiro atoms. The monoisotopic (exact) mass is 324 g/mol. The van der Waals surface area contributed by atoms with Gasteiger partial charge in [0, 0.05) is 17.4 Å². The Morgan fingerprint density at radius 2 is 1.95 bits per heavy atom. The molecule has 1 saturated carbocycles. The Bertz CT molecular complexity index is 632. The predicted molar refractivity (Wildman–Crippen MR) is 88.2 cm³/mol. The SMILES string of the molecule is CCc1cc2c(Cl)nc(C3(OC)CCCCCC3)nc2s1. The highest BCUT2D eigenvalue weighted by Crippen LogP contribution is 2.39. The second kappa shape index (κ2) is 6.19. The van der Waals surface area contributed by atoms with E-state index in [0.717, 1.165) is 48.1 Å². The fourth-order valence-corrected chi connectivity index (χ4v) is 4.38. The molecule has 0 bridgehead atoms. The maximum absolute atomic E-state index is 6.41. The van der Waals surface area contributed by atoms with Gasteiger partial charge in [-0.2, -0.15) is 0 Å². The van der Waals surface area contributed by atoms with E-state index in [-0.39, 0.29) is 5.60 Å². The molecule has 3 rings (SSSR count). The number of thiophene rings is 1. The third-order valence-corrected chi connectivity index (χ3v) is 5.92. The van der Waals surface area contributed by atoms with Gasteiger partial charge in [-0.1, -0.05) is 44.2 Å². The van der Waals surface area contributed by atoms with Crippen molar-refractivity contribution < 1.29 is 4.74 Å². The Morgan fingerprint density at radius 3 is 2.57 bits per heavy atom. The van der Waals surface area contributed by atoms with E-state index in [9.17, 15) is 0 Å². The summed E-state index contributed by atoms with van der Waals surface area (Å²) in [5.41, 5.74) is -0.356. The van der Waals surface area contributed by atoms with Crippen LogP contribution in [0.4, 0.5) is 0 Å². The summed E-state index contributed by atoms with van der Waals surface area (Å²) in [6.07, 6.45) is 7.83. The molecule has 1 aliphatic rings. The fourth-order valence-electron chi connectivity index (χ4n) is 3.13. The minimum Gasteiger partial charge on any atom is -0.370 e. The number of aryl methyl sites for hydroxylation is 1. The molecule has 0 aliphatic heterocycles. The molecule has 0 radical (unpaired) electrons. The van der Waals surface area contributed by atoms with Crippen LogP contribution in [0.15, 0.2) is 6.07 Å². The van der Waals surface area contributed by atoms with Crippen LogP contribution in [0.1, 0.15) is 56.2 Å². The average molecular weight is 325 g/mol. The standard InChI is InChI=1S/C16H21ClN2OS/c1-3-11-10-12-13(17)18-15(19-14(12)21-11)16(20-2)8-6-4-5-7-9-16/h10H,3-9H2,1-2H3. The van der Waals surface area contributed by atoms with E-state index in [1.165, 1.54) is 17.7 Å². The number of fused-ring (bicyclic) bond motifs is 1. The first-order chi connectivity index (χ1) is 10.2. The van der Waals surface area contributed by atoms with E-state index >= 15 is 0 Å². The lowest BCUT2D eigenvalue weighted by atomic mass is 9.93. The first kappa shape index (κ1) is 15.2. The summed E-state index contributed by atoms with van der Waals surface area (Å²) in [5, 5.41) is 1.54. The van der Waals surface area contributed by atoms with Crippen LogP contribution >= 0.6 is 22.9 Å². The molecule has 0 aromatic carbocycles. The van der Waals surface area contributed by atoms with Crippen LogP contribution in [0.5, 0.6) is 0 Å². The van der Waals surface area contributed by atoms with Gasteiger partial charge >= 0.3 is 0 Å². The number of hydrogen-bond donors (Lipinski definition) is 0. The highest BCUT2D eigenvalue weighted by Gasteiger charge is 2.36. The quantitative estimate of drug-likeness (QED) is 0.581. The van der Waals surface area contributed by atoms with E-state index < -0.39 is 0 Å². The van der Waals surface area contributed by atoms with E-state index in [1.54, 1.807) is 18.4 Å². The van der Waals surface area contributed by atoms with Crippen molar-refractivity contribution in [2.24, 2.45) is 0 Å². The minimum absolute atomic E-state index is 0.356. The summed E-state index contributed by atoms with van der Waals surface area (Å²) >= 11 is 8.12. The smallest absolute Gasteiger partial charge is 0.163 e. The van der Waals surface area contributed by atoms with Gasteiger partial charge in [0.25, 0.3) is 0 Å². The third-order valence-electron chi connectivity index (χ3n) is 4.46. The maximum atomic E-state index is 6.41. The van der Waals surface area contributed by atoms with Gasteiger partial charge in [0.05, 0.1) is 0 Å². The number of ether oxygens (including phenoxy) is 1. The summed E-state index contributed by atoms with van der Waals surface area (Å²) < 4.78 is 5.90. The van der Waals surface area contributed by atoms with Gasteiger partial charge in [0.2, 0.25) is 0 Å². The molecule has 5 heteroatoms. The highest BCUT2D eigenvalue weighted by atomic mass is 35.5. The van der Waals surface area contributed by atoms with Gasteiger partial charge in [-0.25, -0.2) is 9.97 Å². The van der Waals surface area contributed by atoms with Gasteiger partial charge in [-0.3, -0.25) is 0 Å². The number of aromatic nitrogens is 2. The molecule has 2 heterocycles. The number of hydrogen-bond acceptors (Lipinski definition) is 4. The molecule has 0 amide bonds. The van der Waals surface area contributed by atoms with Crippen molar-refractivity contribution in [2.45, 2.75) is 57.5 Å². The van der Waals surface area contributed by atoms with E-state index in [2.05, 4.69) is 18.0 Å². The van der Waals surface area contributed by atoms with Crippen molar-refractivity contribution in [2.75, 3.05) is 7.11 Å². The molecule has 0 atom stereocenters. The molecular weight excluding hydrogens is 304 g/mol. The van der Waals surface area contributed by atoms with Crippen molar-refractivity contribution >= 4 is 33.2 Å². The van der Waals surface area contributed by atoms with Crippen molar-refractivity contribution in [3.05, 3.63) is 21.9 Å². The molecule has 0 N–H and O–H groups in total. The lowest BCUT2D eigenvalue weighted by Crippen LogP contribution is -2.30. The van der Waals surface area contributed by atoms with Crippen LogP contribution in [0.3, 0.4) is 0 Å². The van der Waals surface area contributed by atoms with Crippen molar-refractivity contribution in [3.63, 3.8) is 0 Å². The molecule has 21 heavy (non-hydrogen) atoms. The minimum atomic E-state index is -0.356. The van der Waals surface area contributed by atoms with Gasteiger partial charge in [-0.05, 0) is 25.3 Å². The van der Waals surface area contributed by atoms with Crippen LogP contribution in [-0.2, 0) is 16.8 Å². The fraction of sp³-hybridized carbons (Fsp3) is 0.625. The highest BCUT2D eigenvalue weighted by molar-refractivity contribution is 7.18. The topological polar surface area (TPSA) is 35.0 Å². The molecular formula is C16H21ClN2OS. The number of rotatable bonds is 3. The Morgan fingerprint density at radius 1 is 1.24 bits per heavy atom. The van der Waals surface area contributed by atoms with E-state index in [4.69, 9.17) is 21.3 Å². The molecule has 114 valence electrons. The van der Waals surface area contributed by atoms with Gasteiger partial charge in [0.15, 0.2) is 5.82 Å². The second-order valence-electron chi connectivity index (χ2n) is 5.74. The van der Waals surface area contributed by atoms with Crippen molar-refractivity contribution in [1.82, 2.24) is 9.97 Å². The summed E-state index contributed by atoms with van der Waals surface area (Å²) in [7, 11) is 1.78. The van der Waals surface area contributed by atoms with Crippen LogP contribution in [0.2, 0.25) is 5.15 Å². The average Bonchev–Trinajstić information content (AvgIpc) is 2.77. The zero-order valence-electron chi connectivity index (χ0n) is 12.6. The summed E-state index contributed by atoms with van der Waals surface area (Å²) in [4.78, 5) is 11.7. The Labute approximate surface area is 134 Å². The molecule has 1 aliphatic carbocycles. The lowest BCUT2D eigenvalue weighted by molar-refractivity contribution is -0.0348. The maximum Gasteiger partial charge on any atom is 0.163 e. The number of methoxy groups -OCH3 is 1. The summed E-state index contributed by atoms with van der Waals surface area (Å²) in [6.45, 7) is 2.15. The molecule has 0 saturated heterocycles. The Balaban J connectivity index is 2.09. The van der Waals surface area contributed by atoms with Gasteiger partial charge in [-0.15, -0.1) is 11.3 Å². The number of halogens is 1. The molecule has 3 nitrogen and oxygen atoms in total. The predicted octanol–water partition coefficient (Wildman–Crippen LogP) is 5.10. The Kier molecular flexibility index (Phi) is 4.48. The molecule has 0 unspecified atom stereocenters. The van der Waals surface area contributed by atoms with E-state index in [0.29, 0.717) is 5.15 Å². The molecule has 2 aromatic heterocycles. The van der Waals surface area contributed by atoms with Crippen LogP contribution < -0.4 is 0 Å². The van der Waals surface area contributed by atoms with E-state index in [1.807, 2.05) is 0 Å². The van der Waals surface area contributed by atoms with Crippen LogP contribution in [0, 0.1) is 0 Å². The second-order valence-corrected chi connectivity index (χ2v) is 7.21. The summed E-state index contributed by atoms with van der Waals surface area (Å²) in [5.74, 6) is 0.772. The van der Waals surface area contributed by atoms with Crippen LogP contribution in [-0.4, -0.2) is 17.1 Å². The third kappa shape index (κ3) is 2.81. The van der Waals surface area contributed by atoms with Crippen molar-refractivity contribution in [3.8, 4) is 0 Å². The molecule has 2 aromatic rings. The van der Waals surface area contributed by atoms with Gasteiger partial charge in [0.1, 0.15) is 15.6 Å². The lowest BCUT2D eigenvalue weighted by Gasteiger charge is -2.29. The van der Waals surface area contributed by atoms with Crippen LogP contribution in [0.25, 0.3) is 10.2 Å². The Hall–Kier alpha value is -0.710. The zero-order chi connectivity index (χ0) is 14.9. The zero-order valence-corrected chi connectivity index (χ0v) is 14.2. The first-order valence-corrected chi connectivity index (χ1v) is 8.89. The first-order valence-electron chi connectivity index (χ1n) is 7.70. The normalized spacial score (nSPS) is 18.8. The largest absolute Gasteiger partial charge is 0.370 e. The van der Waals surface area contributed by atoms with Gasteiger partial charge < -0.3 is 4.74 Å². The van der Waals surface area contributed by atoms with Crippen molar-refractivity contribution in [1.29, 1.82) is 0 Å². The molecule has 1 fully saturated rings. The number of nitrogens with zero attached hydrogens (tertiary/aromatic N) is 2.